The molecular weight excluding hydrogens is 309 g/mol. The lowest BCUT2D eigenvalue weighted by Gasteiger charge is -2.16. The molecule has 0 spiro atoms. The van der Waals surface area contributed by atoms with Crippen molar-refractivity contribution in [2.75, 3.05) is 0 Å². The Morgan fingerprint density at radius 3 is 2.81 bits per heavy atom. The summed E-state index contributed by atoms with van der Waals surface area (Å²) in [7, 11) is 0. The molecule has 4 nitrogen and oxygen atoms in total. The molecule has 1 heterocycles. The van der Waals surface area contributed by atoms with E-state index >= 15 is 0 Å². The summed E-state index contributed by atoms with van der Waals surface area (Å²) in [4.78, 5) is 15.9. The summed E-state index contributed by atoms with van der Waals surface area (Å²) in [6.07, 6.45) is 3.40. The fourth-order valence-corrected chi connectivity index (χ4v) is 2.44. The number of pyridine rings is 1. The van der Waals surface area contributed by atoms with Gasteiger partial charge in [-0.1, -0.05) is 35.3 Å². The first kappa shape index (κ1) is 15.6. The van der Waals surface area contributed by atoms with Crippen LogP contribution in [0.1, 0.15) is 24.1 Å². The number of benzene rings is 1. The standard InChI is InChI=1S/C15H15Cl2N3O/c1-10(13-5-4-12(16)7-14(13)17)20-15(21)19-9-11-3-2-6-18-8-11/h2-8,10H,9H2,1H3,(H2,19,20,21)/t10-/m1/s1. The third kappa shape index (κ3) is 4.62. The van der Waals surface area contributed by atoms with Crippen molar-refractivity contribution in [3.63, 3.8) is 0 Å². The summed E-state index contributed by atoms with van der Waals surface area (Å²) >= 11 is 12.0. The third-order valence-corrected chi connectivity index (χ3v) is 3.51. The fourth-order valence-electron chi connectivity index (χ4n) is 1.86. The highest BCUT2D eigenvalue weighted by molar-refractivity contribution is 6.35. The maximum atomic E-state index is 11.9. The van der Waals surface area contributed by atoms with E-state index in [1.165, 1.54) is 0 Å². The molecule has 2 rings (SSSR count). The molecule has 0 radical (unpaired) electrons. The summed E-state index contributed by atoms with van der Waals surface area (Å²) in [5.41, 5.74) is 1.75. The van der Waals surface area contributed by atoms with Gasteiger partial charge in [-0.25, -0.2) is 4.79 Å². The minimum atomic E-state index is -0.266. The second kappa shape index (κ2) is 7.29. The molecule has 0 aliphatic heterocycles. The molecule has 2 aromatic rings. The monoisotopic (exact) mass is 323 g/mol. The van der Waals surface area contributed by atoms with Crippen molar-refractivity contribution in [2.24, 2.45) is 0 Å². The average molecular weight is 324 g/mol. The Balaban J connectivity index is 1.90. The molecule has 0 saturated heterocycles. The first-order chi connectivity index (χ1) is 10.1. The third-order valence-electron chi connectivity index (χ3n) is 2.95. The number of urea groups is 1. The van der Waals surface area contributed by atoms with Crippen LogP contribution in [0.25, 0.3) is 0 Å². The van der Waals surface area contributed by atoms with Crippen LogP contribution < -0.4 is 10.6 Å². The van der Waals surface area contributed by atoms with Gasteiger partial charge in [-0.3, -0.25) is 4.98 Å². The molecule has 6 heteroatoms. The van der Waals surface area contributed by atoms with Crippen molar-refractivity contribution in [3.05, 3.63) is 63.9 Å². The average Bonchev–Trinajstić information content (AvgIpc) is 2.46. The molecule has 21 heavy (non-hydrogen) atoms. The number of aromatic nitrogens is 1. The van der Waals surface area contributed by atoms with Gasteiger partial charge in [0.1, 0.15) is 0 Å². The zero-order valence-corrected chi connectivity index (χ0v) is 12.9. The molecular formula is C15H15Cl2N3O. The van der Waals surface area contributed by atoms with E-state index < -0.39 is 0 Å². The summed E-state index contributed by atoms with van der Waals surface area (Å²) in [6, 6.07) is 8.44. The summed E-state index contributed by atoms with van der Waals surface area (Å²) in [5.74, 6) is 0. The SMILES string of the molecule is C[C@@H](NC(=O)NCc1cccnc1)c1ccc(Cl)cc1Cl. The Hall–Kier alpha value is -1.78. The smallest absolute Gasteiger partial charge is 0.315 e. The molecule has 110 valence electrons. The van der Waals surface area contributed by atoms with Gasteiger partial charge < -0.3 is 10.6 Å². The van der Waals surface area contributed by atoms with E-state index in [0.29, 0.717) is 16.6 Å². The lowest BCUT2D eigenvalue weighted by molar-refractivity contribution is 0.237. The van der Waals surface area contributed by atoms with Gasteiger partial charge in [0, 0.05) is 29.0 Å². The zero-order valence-electron chi connectivity index (χ0n) is 11.4. The van der Waals surface area contributed by atoms with Crippen LogP contribution in [0, 0.1) is 0 Å². The van der Waals surface area contributed by atoms with E-state index in [0.717, 1.165) is 11.1 Å². The van der Waals surface area contributed by atoms with E-state index in [2.05, 4.69) is 15.6 Å². The van der Waals surface area contributed by atoms with Crippen molar-refractivity contribution in [1.29, 1.82) is 0 Å². The number of carbonyl (C=O) groups excluding carboxylic acids is 1. The minimum Gasteiger partial charge on any atom is -0.334 e. The van der Waals surface area contributed by atoms with E-state index in [1.54, 1.807) is 30.6 Å². The number of halogens is 2. The molecule has 0 aliphatic carbocycles. The first-order valence-corrected chi connectivity index (χ1v) is 7.20. The summed E-state index contributed by atoms with van der Waals surface area (Å²) in [6.45, 7) is 2.28. The number of amides is 2. The number of rotatable bonds is 4. The van der Waals surface area contributed by atoms with E-state index in [4.69, 9.17) is 23.2 Å². The fraction of sp³-hybridized carbons (Fsp3) is 0.200. The van der Waals surface area contributed by atoms with Crippen LogP contribution in [0.5, 0.6) is 0 Å². The Labute approximate surface area is 133 Å². The highest BCUT2D eigenvalue weighted by atomic mass is 35.5. The van der Waals surface area contributed by atoms with Gasteiger partial charge in [-0.05, 0) is 36.2 Å². The second-order valence-electron chi connectivity index (χ2n) is 4.58. The van der Waals surface area contributed by atoms with Gasteiger partial charge >= 0.3 is 6.03 Å². The van der Waals surface area contributed by atoms with Crippen molar-refractivity contribution in [1.82, 2.24) is 15.6 Å². The number of nitrogens with zero attached hydrogens (tertiary/aromatic N) is 1. The van der Waals surface area contributed by atoms with Crippen molar-refractivity contribution in [3.8, 4) is 0 Å². The lowest BCUT2D eigenvalue weighted by Crippen LogP contribution is -2.36. The number of nitrogens with one attached hydrogen (secondary N) is 2. The van der Waals surface area contributed by atoms with Crippen molar-refractivity contribution < 1.29 is 4.79 Å². The molecule has 1 atom stereocenters. The van der Waals surface area contributed by atoms with Gasteiger partial charge in [0.2, 0.25) is 0 Å². The maximum absolute atomic E-state index is 11.9. The molecule has 1 aromatic carbocycles. The normalized spacial score (nSPS) is 11.8. The van der Waals surface area contributed by atoms with Crippen LogP contribution in [-0.4, -0.2) is 11.0 Å². The molecule has 0 saturated carbocycles. The summed E-state index contributed by atoms with van der Waals surface area (Å²) in [5, 5.41) is 6.70. The van der Waals surface area contributed by atoms with Gasteiger partial charge in [0.05, 0.1) is 6.04 Å². The largest absolute Gasteiger partial charge is 0.334 e. The molecule has 2 amide bonds. The maximum Gasteiger partial charge on any atom is 0.315 e. The van der Waals surface area contributed by atoms with Crippen LogP contribution in [-0.2, 0) is 6.54 Å². The van der Waals surface area contributed by atoms with Gasteiger partial charge in [-0.15, -0.1) is 0 Å². The number of carbonyl (C=O) groups is 1. The molecule has 0 aliphatic rings. The van der Waals surface area contributed by atoms with Crippen LogP contribution in [0.3, 0.4) is 0 Å². The van der Waals surface area contributed by atoms with Gasteiger partial charge in [-0.2, -0.15) is 0 Å². The zero-order chi connectivity index (χ0) is 15.2. The lowest BCUT2D eigenvalue weighted by atomic mass is 10.1. The highest BCUT2D eigenvalue weighted by Gasteiger charge is 2.12. The topological polar surface area (TPSA) is 54.0 Å². The van der Waals surface area contributed by atoms with E-state index in [9.17, 15) is 4.79 Å². The Bertz CT molecular complexity index is 620. The van der Waals surface area contributed by atoms with Gasteiger partial charge in [0.15, 0.2) is 0 Å². The molecule has 1 aromatic heterocycles. The van der Waals surface area contributed by atoms with Crippen LogP contribution >= 0.6 is 23.2 Å². The molecule has 0 unspecified atom stereocenters. The number of hydrogen-bond donors (Lipinski definition) is 2. The Morgan fingerprint density at radius 2 is 2.14 bits per heavy atom. The van der Waals surface area contributed by atoms with Crippen LogP contribution in [0.2, 0.25) is 10.0 Å². The number of hydrogen-bond acceptors (Lipinski definition) is 2. The highest BCUT2D eigenvalue weighted by Crippen LogP contribution is 2.25. The van der Waals surface area contributed by atoms with Crippen LogP contribution in [0.4, 0.5) is 4.79 Å². The quantitative estimate of drug-likeness (QED) is 0.895. The Kier molecular flexibility index (Phi) is 5.42. The van der Waals surface area contributed by atoms with Gasteiger partial charge in [0.25, 0.3) is 0 Å². The molecule has 0 fully saturated rings. The van der Waals surface area contributed by atoms with Crippen molar-refractivity contribution >= 4 is 29.2 Å². The molecule has 2 N–H and O–H groups in total. The van der Waals surface area contributed by atoms with Crippen LogP contribution in [0.15, 0.2) is 42.7 Å². The van der Waals surface area contributed by atoms with E-state index in [-0.39, 0.29) is 12.1 Å². The van der Waals surface area contributed by atoms with Crippen molar-refractivity contribution in [2.45, 2.75) is 19.5 Å². The summed E-state index contributed by atoms with van der Waals surface area (Å²) < 4.78 is 0. The molecule has 0 bridgehead atoms. The first-order valence-electron chi connectivity index (χ1n) is 6.44. The minimum absolute atomic E-state index is 0.219. The predicted octanol–water partition coefficient (Wildman–Crippen LogP) is 3.95. The van der Waals surface area contributed by atoms with E-state index in [1.807, 2.05) is 19.1 Å². The second-order valence-corrected chi connectivity index (χ2v) is 5.42. The Morgan fingerprint density at radius 1 is 1.33 bits per heavy atom. The predicted molar refractivity (Wildman–Crippen MR) is 84.5 cm³/mol.